The van der Waals surface area contributed by atoms with Crippen LogP contribution in [0.4, 0.5) is 4.39 Å². The van der Waals surface area contributed by atoms with E-state index < -0.39 is 11.2 Å². The van der Waals surface area contributed by atoms with Crippen LogP contribution in [0, 0.1) is 36.5 Å². The Kier molecular flexibility index (Phi) is 42.5. The van der Waals surface area contributed by atoms with Crippen LogP contribution in [0.1, 0.15) is 232 Å². The fourth-order valence-electron chi connectivity index (χ4n) is 7.00. The van der Waals surface area contributed by atoms with Crippen molar-refractivity contribution >= 4 is 23.4 Å². The lowest BCUT2D eigenvalue weighted by Crippen LogP contribution is -2.40. The van der Waals surface area contributed by atoms with Gasteiger partial charge in [-0.15, -0.1) is 0 Å². The van der Waals surface area contributed by atoms with Gasteiger partial charge in [0.05, 0.1) is 16.8 Å². The number of hydrogen-bond acceptors (Lipinski definition) is 4. The number of halogens is 1. The summed E-state index contributed by atoms with van der Waals surface area (Å²) in [4.78, 5) is 28.9. The minimum Gasteiger partial charge on any atom is -0.356 e. The summed E-state index contributed by atoms with van der Waals surface area (Å²) in [5.41, 5.74) is 6.35. The molecule has 5 heteroatoms. The number of hydrogen-bond donors (Lipinski definition) is 1. The summed E-state index contributed by atoms with van der Waals surface area (Å²) in [6.45, 7) is 51.5. The Morgan fingerprint density at radius 1 is 0.877 bits per heavy atom. The van der Waals surface area contributed by atoms with E-state index in [1.54, 1.807) is 19.1 Å². The van der Waals surface area contributed by atoms with Crippen LogP contribution in [0.5, 0.6) is 0 Å². The number of carbonyl (C=O) groups excluding carboxylic acids is 2. The third-order valence-corrected chi connectivity index (χ3v) is 11.1. The zero-order valence-corrected chi connectivity index (χ0v) is 46.5. The highest BCUT2D eigenvalue weighted by Gasteiger charge is 2.41. The van der Waals surface area contributed by atoms with E-state index in [0.717, 1.165) is 102 Å². The fraction of sp³-hybridized carbons (Fsp3) is 0.650. The number of aryl methyl sites for hydroxylation is 1. The predicted octanol–water partition coefficient (Wildman–Crippen LogP) is 19.2. The third kappa shape index (κ3) is 28.9. The molecule has 1 aliphatic rings. The lowest BCUT2D eigenvalue weighted by molar-refractivity contribution is -0.129. The molecule has 4 nitrogen and oxygen atoms in total. The van der Waals surface area contributed by atoms with Crippen LogP contribution < -0.4 is 5.32 Å². The second kappa shape index (κ2) is 40.7. The van der Waals surface area contributed by atoms with Crippen molar-refractivity contribution in [2.45, 2.75) is 228 Å². The normalized spacial score (nSPS) is 16.1. The molecule has 1 aliphatic carbocycles. The maximum absolute atomic E-state index is 14.4. The highest BCUT2D eigenvalue weighted by atomic mass is 19.1. The van der Waals surface area contributed by atoms with Crippen molar-refractivity contribution in [3.05, 3.63) is 101 Å². The van der Waals surface area contributed by atoms with Crippen molar-refractivity contribution in [1.82, 2.24) is 5.32 Å². The summed E-state index contributed by atoms with van der Waals surface area (Å²) in [7, 11) is 0. The maximum atomic E-state index is 14.4. The summed E-state index contributed by atoms with van der Waals surface area (Å²) in [6.07, 6.45) is 21.6. The van der Waals surface area contributed by atoms with E-state index in [9.17, 15) is 14.0 Å². The smallest absolute Gasteiger partial charge is 0.146 e. The predicted molar refractivity (Wildman–Crippen MR) is 292 cm³/mol. The van der Waals surface area contributed by atoms with Gasteiger partial charge in [-0.05, 0) is 143 Å². The lowest BCUT2D eigenvalue weighted by atomic mass is 9.65. The standard InChI is InChI=1S/C37H53FN2O.C7H14.C6H12O.C4H10.2C3H8/c1-12-18-34(33(38)17-6)40-30(11)29(10)35(39-23-15-4)25-27(8)31-19-20-32(28(9)24-31)37(21-13-2,22-14-3)36(41)26(7)16-5;1-3-7-4-6(2)5-7;1-4-5(2)6(3)7;1-4(2)3;2*1-3-2/h12,17-20,23-26,40H,6,8,13-16,21-22H2,1-5,7,9-11H3;6-7H,3-5H2,1-2H3;5H,4H2,1-3H3;4H,1-3H3;2*3H2,1-2H3/b18-12-,30-29+,34-33-,35-25+,39-23?;;;;;. The molecule has 1 aromatic rings. The molecule has 0 aliphatic heterocycles. The van der Waals surface area contributed by atoms with Crippen molar-refractivity contribution in [3.8, 4) is 0 Å². The molecule has 0 bridgehead atoms. The van der Waals surface area contributed by atoms with E-state index in [1.165, 1.54) is 38.2 Å². The molecule has 2 rings (SSSR count). The Bertz CT molecular complexity index is 1600. The zero-order valence-electron chi connectivity index (χ0n) is 46.5. The van der Waals surface area contributed by atoms with Crippen LogP contribution in [0.2, 0.25) is 0 Å². The average molecular weight is 906 g/mol. The molecule has 0 amide bonds. The van der Waals surface area contributed by atoms with Gasteiger partial charge in [-0.3, -0.25) is 14.6 Å². The average Bonchev–Trinajstić information content (AvgIpc) is 3.25. The maximum Gasteiger partial charge on any atom is 0.146 e. The van der Waals surface area contributed by atoms with Crippen molar-refractivity contribution in [2.75, 3.05) is 0 Å². The molecule has 1 saturated carbocycles. The molecule has 0 aromatic heterocycles. The van der Waals surface area contributed by atoms with Gasteiger partial charge in [0.15, 0.2) is 0 Å². The molecule has 65 heavy (non-hydrogen) atoms. The summed E-state index contributed by atoms with van der Waals surface area (Å²) in [5.74, 6) is 3.49. The molecule has 1 aromatic carbocycles. The first-order chi connectivity index (χ1) is 30.5. The highest BCUT2D eigenvalue weighted by Crippen LogP contribution is 2.41. The van der Waals surface area contributed by atoms with Gasteiger partial charge in [0.1, 0.15) is 17.4 Å². The molecule has 0 radical (unpaired) electrons. The van der Waals surface area contributed by atoms with Gasteiger partial charge in [0.25, 0.3) is 0 Å². The van der Waals surface area contributed by atoms with Crippen molar-refractivity contribution < 1.29 is 14.0 Å². The molecular weight excluding hydrogens is 800 g/mol. The summed E-state index contributed by atoms with van der Waals surface area (Å²) in [5, 5.41) is 3.17. The largest absolute Gasteiger partial charge is 0.356 e. The van der Waals surface area contributed by atoms with E-state index in [0.29, 0.717) is 17.3 Å². The minimum atomic E-state index is -0.462. The third-order valence-electron chi connectivity index (χ3n) is 11.1. The molecule has 0 heterocycles. The van der Waals surface area contributed by atoms with E-state index >= 15 is 0 Å². The quantitative estimate of drug-likeness (QED) is 0.105. The number of aliphatic imine (C=N–C) groups is 1. The van der Waals surface area contributed by atoms with Crippen molar-refractivity contribution in [2.24, 2.45) is 34.6 Å². The summed E-state index contributed by atoms with van der Waals surface area (Å²) >= 11 is 0. The monoisotopic (exact) mass is 905 g/mol. The Labute approximate surface area is 404 Å². The Morgan fingerprint density at radius 2 is 1.37 bits per heavy atom. The number of allylic oxidation sites excluding steroid dienone is 8. The second-order valence-electron chi connectivity index (χ2n) is 18.8. The molecule has 374 valence electrons. The molecule has 0 spiro atoms. The van der Waals surface area contributed by atoms with Crippen LogP contribution in [-0.2, 0) is 15.0 Å². The van der Waals surface area contributed by atoms with Gasteiger partial charge in [-0.1, -0.05) is 180 Å². The van der Waals surface area contributed by atoms with Gasteiger partial charge in [0.2, 0.25) is 0 Å². The number of benzene rings is 1. The van der Waals surface area contributed by atoms with Gasteiger partial charge in [-0.2, -0.15) is 0 Å². The molecule has 0 saturated heterocycles. The zero-order chi connectivity index (χ0) is 51.3. The Morgan fingerprint density at radius 3 is 1.69 bits per heavy atom. The first-order valence-electron chi connectivity index (χ1n) is 25.7. The van der Waals surface area contributed by atoms with E-state index in [2.05, 4.69) is 134 Å². The molecule has 2 atom stereocenters. The number of carbonyl (C=O) groups is 2. The number of Topliss-reactive ketones (excluding diaryl/α,β-unsaturated/α-hetero) is 2. The number of nitrogens with one attached hydrogen (secondary N) is 1. The SMILES string of the molecule is C=C/C(F)=C(\C=C/C)N/C(C)=C(C)/C(=C\C(=C)c1ccc(C(CCC)(CCC)C(=O)C(C)CC)c(C)c1)N=CCC.CC(C)C.CCC.CCC.CCC(C)C(C)=O.CCC1CC(C)C1. The van der Waals surface area contributed by atoms with E-state index in [-0.39, 0.29) is 11.8 Å². The number of ketones is 2. The lowest BCUT2D eigenvalue weighted by Gasteiger charge is -2.36. The van der Waals surface area contributed by atoms with Crippen molar-refractivity contribution in [1.29, 1.82) is 0 Å². The van der Waals surface area contributed by atoms with Gasteiger partial charge < -0.3 is 5.32 Å². The first kappa shape index (κ1) is 68.0. The second-order valence-corrected chi connectivity index (χ2v) is 18.8. The summed E-state index contributed by atoms with van der Waals surface area (Å²) in [6, 6.07) is 6.38. The Hall–Kier alpha value is -3.60. The van der Waals surface area contributed by atoms with Crippen LogP contribution in [0.3, 0.4) is 0 Å². The topological polar surface area (TPSA) is 58.5 Å². The fourth-order valence-corrected chi connectivity index (χ4v) is 7.00. The first-order valence-corrected chi connectivity index (χ1v) is 25.7. The highest BCUT2D eigenvalue weighted by molar-refractivity contribution is 5.92. The van der Waals surface area contributed by atoms with Gasteiger partial charge >= 0.3 is 0 Å². The number of nitrogens with zero attached hydrogens (tertiary/aromatic N) is 1. The molecule has 1 fully saturated rings. The van der Waals surface area contributed by atoms with Crippen LogP contribution in [0.25, 0.3) is 5.57 Å². The van der Waals surface area contributed by atoms with Gasteiger partial charge in [-0.25, -0.2) is 4.39 Å². The molecular formula is C60H105FN2O2. The summed E-state index contributed by atoms with van der Waals surface area (Å²) < 4.78 is 14.4. The van der Waals surface area contributed by atoms with Crippen LogP contribution in [0.15, 0.2) is 89.1 Å². The molecule has 2 unspecified atom stereocenters. The number of rotatable bonds is 20. The van der Waals surface area contributed by atoms with E-state index in [1.807, 2.05) is 53.8 Å². The van der Waals surface area contributed by atoms with Crippen molar-refractivity contribution in [3.63, 3.8) is 0 Å². The minimum absolute atomic E-state index is 0.0267. The van der Waals surface area contributed by atoms with Crippen LogP contribution in [-0.4, -0.2) is 17.8 Å². The van der Waals surface area contributed by atoms with E-state index in [4.69, 9.17) is 4.99 Å². The molecule has 1 N–H and O–H groups in total. The van der Waals surface area contributed by atoms with Crippen LogP contribution >= 0.6 is 0 Å². The Balaban J connectivity index is -0.000000624. The van der Waals surface area contributed by atoms with Gasteiger partial charge in [0, 0.05) is 23.7 Å².